The molecule has 1 aliphatic carbocycles. The average molecular weight is 317 g/mol. The third-order valence-electron chi connectivity index (χ3n) is 4.03. The van der Waals surface area contributed by atoms with Gasteiger partial charge in [0.05, 0.1) is 0 Å². The number of benzene rings is 1. The maximum atomic E-state index is 6.19. The van der Waals surface area contributed by atoms with E-state index in [0.717, 1.165) is 27.9 Å². The molecule has 0 heterocycles. The standard InChI is InChI=1S/C14H19BrClN/c1-9-3-6-14(10(9)2)17-8-11-7-12(15)4-5-13(11)16/h4-5,7,9-10,14,17H,3,6,8H2,1-2H3. The van der Waals surface area contributed by atoms with E-state index in [4.69, 9.17) is 11.6 Å². The molecule has 3 atom stereocenters. The topological polar surface area (TPSA) is 12.0 Å². The molecule has 94 valence electrons. The van der Waals surface area contributed by atoms with E-state index in [1.165, 1.54) is 18.4 Å². The van der Waals surface area contributed by atoms with Crippen molar-refractivity contribution >= 4 is 27.5 Å². The first-order valence-electron chi connectivity index (χ1n) is 6.25. The lowest BCUT2D eigenvalue weighted by molar-refractivity contribution is 0.370. The molecule has 1 saturated carbocycles. The van der Waals surface area contributed by atoms with Gasteiger partial charge in [-0.15, -0.1) is 0 Å². The summed E-state index contributed by atoms with van der Waals surface area (Å²) >= 11 is 9.67. The zero-order valence-corrected chi connectivity index (χ0v) is 12.7. The second-order valence-corrected chi connectivity index (χ2v) is 6.46. The average Bonchev–Trinajstić information content (AvgIpc) is 2.62. The Balaban J connectivity index is 1.96. The lowest BCUT2D eigenvalue weighted by atomic mass is 9.98. The summed E-state index contributed by atoms with van der Waals surface area (Å²) < 4.78 is 1.09. The normalized spacial score (nSPS) is 28.6. The molecule has 0 radical (unpaired) electrons. The Kier molecular flexibility index (Phi) is 4.51. The van der Waals surface area contributed by atoms with Crippen molar-refractivity contribution in [1.29, 1.82) is 0 Å². The van der Waals surface area contributed by atoms with E-state index in [2.05, 4.69) is 41.2 Å². The number of hydrogen-bond acceptors (Lipinski definition) is 1. The van der Waals surface area contributed by atoms with Gasteiger partial charge >= 0.3 is 0 Å². The van der Waals surface area contributed by atoms with Crippen LogP contribution in [-0.2, 0) is 6.54 Å². The van der Waals surface area contributed by atoms with Gasteiger partial charge in [-0.3, -0.25) is 0 Å². The van der Waals surface area contributed by atoms with Gasteiger partial charge in [-0.25, -0.2) is 0 Å². The van der Waals surface area contributed by atoms with Crippen LogP contribution < -0.4 is 5.32 Å². The summed E-state index contributed by atoms with van der Waals surface area (Å²) in [5.74, 6) is 1.60. The summed E-state index contributed by atoms with van der Waals surface area (Å²) in [4.78, 5) is 0. The fraction of sp³-hybridized carbons (Fsp3) is 0.571. The molecular formula is C14H19BrClN. The van der Waals surface area contributed by atoms with Crippen LogP contribution in [0.3, 0.4) is 0 Å². The fourth-order valence-corrected chi connectivity index (χ4v) is 3.17. The van der Waals surface area contributed by atoms with Gasteiger partial charge < -0.3 is 5.32 Å². The highest BCUT2D eigenvalue weighted by atomic mass is 79.9. The molecule has 1 nitrogen and oxygen atoms in total. The van der Waals surface area contributed by atoms with Crippen molar-refractivity contribution in [2.24, 2.45) is 11.8 Å². The smallest absolute Gasteiger partial charge is 0.0451 e. The van der Waals surface area contributed by atoms with Crippen molar-refractivity contribution in [2.75, 3.05) is 0 Å². The molecule has 17 heavy (non-hydrogen) atoms. The molecule has 0 amide bonds. The first kappa shape index (κ1) is 13.4. The second-order valence-electron chi connectivity index (χ2n) is 5.14. The van der Waals surface area contributed by atoms with Crippen molar-refractivity contribution < 1.29 is 0 Å². The Morgan fingerprint density at radius 2 is 2.12 bits per heavy atom. The largest absolute Gasteiger partial charge is 0.310 e. The van der Waals surface area contributed by atoms with E-state index < -0.39 is 0 Å². The van der Waals surface area contributed by atoms with Gasteiger partial charge in [0.15, 0.2) is 0 Å². The van der Waals surface area contributed by atoms with Crippen molar-refractivity contribution in [3.8, 4) is 0 Å². The number of halogens is 2. The van der Waals surface area contributed by atoms with Gasteiger partial charge in [0.25, 0.3) is 0 Å². The molecule has 0 aromatic heterocycles. The molecule has 1 aromatic carbocycles. The summed E-state index contributed by atoms with van der Waals surface area (Å²) in [5.41, 5.74) is 1.17. The molecule has 0 spiro atoms. The highest BCUT2D eigenvalue weighted by molar-refractivity contribution is 9.10. The van der Waals surface area contributed by atoms with Crippen LogP contribution in [-0.4, -0.2) is 6.04 Å². The lowest BCUT2D eigenvalue weighted by Gasteiger charge is -2.20. The van der Waals surface area contributed by atoms with Crippen LogP contribution in [0.25, 0.3) is 0 Å². The molecular weight excluding hydrogens is 298 g/mol. The predicted octanol–water partition coefficient (Wildman–Crippen LogP) is 4.63. The third kappa shape index (κ3) is 3.24. The summed E-state index contributed by atoms with van der Waals surface area (Å²) in [6.45, 7) is 5.55. The van der Waals surface area contributed by atoms with Crippen LogP contribution in [0.2, 0.25) is 5.02 Å². The number of rotatable bonds is 3. The summed E-state index contributed by atoms with van der Waals surface area (Å²) in [6, 6.07) is 6.66. The van der Waals surface area contributed by atoms with Crippen LogP contribution in [0.4, 0.5) is 0 Å². The van der Waals surface area contributed by atoms with Crippen LogP contribution >= 0.6 is 27.5 Å². The maximum Gasteiger partial charge on any atom is 0.0451 e. The molecule has 3 unspecified atom stereocenters. The lowest BCUT2D eigenvalue weighted by Crippen LogP contribution is -2.31. The Morgan fingerprint density at radius 3 is 2.76 bits per heavy atom. The molecule has 1 N–H and O–H groups in total. The third-order valence-corrected chi connectivity index (χ3v) is 4.89. The Hall–Kier alpha value is -0.0500. The van der Waals surface area contributed by atoms with Crippen LogP contribution in [0.1, 0.15) is 32.3 Å². The van der Waals surface area contributed by atoms with Crippen molar-refractivity contribution in [3.63, 3.8) is 0 Å². The minimum absolute atomic E-state index is 0.639. The zero-order valence-electron chi connectivity index (χ0n) is 10.3. The molecule has 0 saturated heterocycles. The van der Waals surface area contributed by atoms with E-state index in [-0.39, 0.29) is 0 Å². The first-order chi connectivity index (χ1) is 8.08. The quantitative estimate of drug-likeness (QED) is 0.857. The van der Waals surface area contributed by atoms with E-state index in [0.29, 0.717) is 6.04 Å². The van der Waals surface area contributed by atoms with E-state index in [1.54, 1.807) is 0 Å². The Morgan fingerprint density at radius 1 is 1.35 bits per heavy atom. The van der Waals surface area contributed by atoms with Crippen molar-refractivity contribution in [1.82, 2.24) is 5.32 Å². The summed E-state index contributed by atoms with van der Waals surface area (Å²) in [7, 11) is 0. The van der Waals surface area contributed by atoms with Gasteiger partial charge in [-0.1, -0.05) is 41.4 Å². The summed E-state index contributed by atoms with van der Waals surface area (Å²) in [5, 5.41) is 4.49. The first-order valence-corrected chi connectivity index (χ1v) is 7.42. The number of hydrogen-bond donors (Lipinski definition) is 1. The van der Waals surface area contributed by atoms with Gasteiger partial charge in [-0.2, -0.15) is 0 Å². The van der Waals surface area contributed by atoms with Gasteiger partial charge in [0, 0.05) is 22.1 Å². The van der Waals surface area contributed by atoms with Crippen LogP contribution in [0.5, 0.6) is 0 Å². The van der Waals surface area contributed by atoms with Gasteiger partial charge in [0.2, 0.25) is 0 Å². The fourth-order valence-electron chi connectivity index (χ4n) is 2.57. The second kappa shape index (κ2) is 5.73. The molecule has 1 aliphatic rings. The van der Waals surface area contributed by atoms with Crippen molar-refractivity contribution in [3.05, 3.63) is 33.3 Å². The van der Waals surface area contributed by atoms with E-state index in [1.807, 2.05) is 12.1 Å². The predicted molar refractivity (Wildman–Crippen MR) is 77.3 cm³/mol. The molecule has 2 rings (SSSR count). The maximum absolute atomic E-state index is 6.19. The number of nitrogens with one attached hydrogen (secondary N) is 1. The highest BCUT2D eigenvalue weighted by Crippen LogP contribution is 2.31. The van der Waals surface area contributed by atoms with Gasteiger partial charge in [-0.05, 0) is 48.4 Å². The van der Waals surface area contributed by atoms with Crippen LogP contribution in [0.15, 0.2) is 22.7 Å². The molecule has 0 bridgehead atoms. The van der Waals surface area contributed by atoms with Gasteiger partial charge in [0.1, 0.15) is 0 Å². The molecule has 1 fully saturated rings. The van der Waals surface area contributed by atoms with E-state index >= 15 is 0 Å². The molecule has 3 heteroatoms. The molecule has 1 aromatic rings. The Bertz CT molecular complexity index is 394. The Labute approximate surface area is 117 Å². The minimum Gasteiger partial charge on any atom is -0.310 e. The van der Waals surface area contributed by atoms with Crippen LogP contribution in [0, 0.1) is 11.8 Å². The summed E-state index contributed by atoms with van der Waals surface area (Å²) in [6.07, 6.45) is 2.62. The zero-order chi connectivity index (χ0) is 12.4. The highest BCUT2D eigenvalue weighted by Gasteiger charge is 2.29. The monoisotopic (exact) mass is 315 g/mol. The SMILES string of the molecule is CC1CCC(NCc2cc(Br)ccc2Cl)C1C. The minimum atomic E-state index is 0.639. The van der Waals surface area contributed by atoms with Crippen molar-refractivity contribution in [2.45, 2.75) is 39.3 Å². The molecule has 0 aliphatic heterocycles. The van der Waals surface area contributed by atoms with E-state index in [9.17, 15) is 0 Å².